The van der Waals surface area contributed by atoms with Crippen molar-refractivity contribution in [3.63, 3.8) is 0 Å². The Kier molecular flexibility index (Phi) is 6.44. The van der Waals surface area contributed by atoms with Crippen molar-refractivity contribution in [2.45, 2.75) is 33.1 Å². The van der Waals surface area contributed by atoms with Gasteiger partial charge in [0.2, 0.25) is 11.8 Å². The molecule has 2 aromatic carbocycles. The lowest BCUT2D eigenvalue weighted by atomic mass is 10.0. The minimum Gasteiger partial charge on any atom is -0.492 e. The molecule has 2 fully saturated rings. The van der Waals surface area contributed by atoms with Gasteiger partial charge in [0.15, 0.2) is 0 Å². The molecule has 0 spiro atoms. The third-order valence-electron chi connectivity index (χ3n) is 6.10. The molecule has 0 radical (unpaired) electrons. The van der Waals surface area contributed by atoms with Gasteiger partial charge in [-0.2, -0.15) is 0 Å². The summed E-state index contributed by atoms with van der Waals surface area (Å²) in [6, 6.07) is 12.8. The van der Waals surface area contributed by atoms with Gasteiger partial charge in [0.1, 0.15) is 5.75 Å². The fraction of sp³-hybridized carbons (Fsp3) is 0.400. The normalized spacial score (nSPS) is 18.2. The fourth-order valence-electron chi connectivity index (χ4n) is 4.40. The molecule has 1 unspecified atom stereocenters. The summed E-state index contributed by atoms with van der Waals surface area (Å²) >= 11 is 0. The Morgan fingerprint density at radius 2 is 1.84 bits per heavy atom. The van der Waals surface area contributed by atoms with Crippen molar-refractivity contribution in [1.29, 1.82) is 0 Å². The second-order valence-corrected chi connectivity index (χ2v) is 8.29. The molecule has 2 saturated heterocycles. The molecule has 4 rings (SSSR count). The zero-order chi connectivity index (χ0) is 22.7. The number of ether oxygens (including phenoxy) is 1. The first kappa shape index (κ1) is 21.9. The Morgan fingerprint density at radius 3 is 2.59 bits per heavy atom. The van der Waals surface area contributed by atoms with Gasteiger partial charge in [-0.05, 0) is 50.5 Å². The number of nitrogens with one attached hydrogen (secondary N) is 1. The first-order valence-electron chi connectivity index (χ1n) is 11.2. The molecule has 0 saturated carbocycles. The molecule has 32 heavy (non-hydrogen) atoms. The average molecular weight is 436 g/mol. The van der Waals surface area contributed by atoms with Crippen molar-refractivity contribution >= 4 is 29.1 Å². The third-order valence-corrected chi connectivity index (χ3v) is 6.10. The van der Waals surface area contributed by atoms with E-state index in [1.807, 2.05) is 55.1 Å². The van der Waals surface area contributed by atoms with Crippen LogP contribution in [0.3, 0.4) is 0 Å². The highest BCUT2D eigenvalue weighted by Gasteiger charge is 2.37. The summed E-state index contributed by atoms with van der Waals surface area (Å²) in [6.07, 6.45) is 2.12. The molecule has 1 N–H and O–H groups in total. The monoisotopic (exact) mass is 435 g/mol. The molecule has 7 heteroatoms. The lowest BCUT2D eigenvalue weighted by Crippen LogP contribution is -2.31. The van der Waals surface area contributed by atoms with Crippen molar-refractivity contribution in [1.82, 2.24) is 4.90 Å². The number of amides is 3. The SMILES string of the molecule is CCOc1ccccc1N1CC(C(=O)Nc2c(C)cccc2C(=O)N2CCCC2)CC1=O. The van der Waals surface area contributed by atoms with Gasteiger partial charge in [0, 0.05) is 26.1 Å². The van der Waals surface area contributed by atoms with Crippen LogP contribution in [0.25, 0.3) is 0 Å². The van der Waals surface area contributed by atoms with E-state index < -0.39 is 5.92 Å². The van der Waals surface area contributed by atoms with Crippen LogP contribution in [0.15, 0.2) is 42.5 Å². The number of aryl methyl sites for hydroxylation is 1. The number of nitrogens with zero attached hydrogens (tertiary/aromatic N) is 2. The first-order chi connectivity index (χ1) is 15.5. The van der Waals surface area contributed by atoms with Crippen molar-refractivity contribution in [2.75, 3.05) is 36.5 Å². The minimum atomic E-state index is -0.508. The first-order valence-corrected chi connectivity index (χ1v) is 11.2. The van der Waals surface area contributed by atoms with Crippen LogP contribution in [-0.2, 0) is 9.59 Å². The molecule has 7 nitrogen and oxygen atoms in total. The van der Waals surface area contributed by atoms with E-state index in [4.69, 9.17) is 4.74 Å². The molecular weight excluding hydrogens is 406 g/mol. The van der Waals surface area contributed by atoms with Crippen LogP contribution in [-0.4, -0.2) is 48.9 Å². The number of rotatable bonds is 6. The van der Waals surface area contributed by atoms with Crippen LogP contribution in [0.2, 0.25) is 0 Å². The predicted molar refractivity (Wildman–Crippen MR) is 123 cm³/mol. The summed E-state index contributed by atoms with van der Waals surface area (Å²) in [7, 11) is 0. The van der Waals surface area contributed by atoms with E-state index in [0.29, 0.717) is 29.3 Å². The van der Waals surface area contributed by atoms with E-state index in [1.165, 1.54) is 0 Å². The maximum Gasteiger partial charge on any atom is 0.255 e. The van der Waals surface area contributed by atoms with Gasteiger partial charge in [-0.25, -0.2) is 0 Å². The van der Waals surface area contributed by atoms with Crippen LogP contribution in [0.1, 0.15) is 42.1 Å². The molecule has 2 aromatic rings. The van der Waals surface area contributed by atoms with Gasteiger partial charge in [0.05, 0.1) is 29.5 Å². The van der Waals surface area contributed by atoms with Crippen molar-refractivity contribution in [2.24, 2.45) is 5.92 Å². The second kappa shape index (κ2) is 9.42. The third kappa shape index (κ3) is 4.33. The Hall–Kier alpha value is -3.35. The number of hydrogen-bond acceptors (Lipinski definition) is 4. The number of hydrogen-bond donors (Lipinski definition) is 1. The second-order valence-electron chi connectivity index (χ2n) is 8.29. The van der Waals surface area contributed by atoms with Crippen molar-refractivity contribution in [3.8, 4) is 5.75 Å². The summed E-state index contributed by atoms with van der Waals surface area (Å²) in [5.74, 6) is -0.306. The quantitative estimate of drug-likeness (QED) is 0.752. The summed E-state index contributed by atoms with van der Waals surface area (Å²) in [6.45, 7) is 6.01. The zero-order valence-electron chi connectivity index (χ0n) is 18.6. The number of likely N-dealkylation sites (tertiary alicyclic amines) is 1. The maximum absolute atomic E-state index is 13.1. The van der Waals surface area contributed by atoms with E-state index in [9.17, 15) is 14.4 Å². The molecule has 168 valence electrons. The molecule has 2 aliphatic rings. The smallest absolute Gasteiger partial charge is 0.255 e. The number of carbonyl (C=O) groups is 3. The van der Waals surface area contributed by atoms with Gasteiger partial charge in [-0.3, -0.25) is 14.4 Å². The van der Waals surface area contributed by atoms with Gasteiger partial charge in [0.25, 0.3) is 5.91 Å². The van der Waals surface area contributed by atoms with Crippen LogP contribution >= 0.6 is 0 Å². The number of carbonyl (C=O) groups excluding carboxylic acids is 3. The highest BCUT2D eigenvalue weighted by Crippen LogP contribution is 2.34. The molecule has 3 amide bonds. The molecule has 0 bridgehead atoms. The lowest BCUT2D eigenvalue weighted by molar-refractivity contribution is -0.122. The molecule has 1 atom stereocenters. The van der Waals surface area contributed by atoms with Gasteiger partial charge in [-0.1, -0.05) is 24.3 Å². The molecule has 2 aliphatic heterocycles. The van der Waals surface area contributed by atoms with E-state index in [-0.39, 0.29) is 30.7 Å². The summed E-state index contributed by atoms with van der Waals surface area (Å²) < 4.78 is 5.66. The van der Waals surface area contributed by atoms with Crippen LogP contribution in [0.5, 0.6) is 5.75 Å². The summed E-state index contributed by atoms with van der Waals surface area (Å²) in [5.41, 5.74) is 2.54. The van der Waals surface area contributed by atoms with Crippen LogP contribution in [0.4, 0.5) is 11.4 Å². The number of benzene rings is 2. The lowest BCUT2D eigenvalue weighted by Gasteiger charge is -2.21. The van der Waals surface area contributed by atoms with Gasteiger partial charge < -0.3 is 19.9 Å². The summed E-state index contributed by atoms with van der Waals surface area (Å²) in [5, 5.41) is 2.96. The van der Waals surface area contributed by atoms with Crippen LogP contribution < -0.4 is 15.0 Å². The Bertz CT molecular complexity index is 1030. The van der Waals surface area contributed by atoms with Gasteiger partial charge >= 0.3 is 0 Å². The topological polar surface area (TPSA) is 79.0 Å². The van der Waals surface area contributed by atoms with E-state index in [2.05, 4.69) is 5.32 Å². The summed E-state index contributed by atoms with van der Waals surface area (Å²) in [4.78, 5) is 42.3. The maximum atomic E-state index is 13.1. The Morgan fingerprint density at radius 1 is 1.09 bits per heavy atom. The Balaban J connectivity index is 1.52. The highest BCUT2D eigenvalue weighted by atomic mass is 16.5. The van der Waals surface area contributed by atoms with E-state index in [0.717, 1.165) is 31.5 Å². The fourth-order valence-corrected chi connectivity index (χ4v) is 4.40. The van der Waals surface area contributed by atoms with Crippen molar-refractivity contribution < 1.29 is 19.1 Å². The zero-order valence-corrected chi connectivity index (χ0v) is 18.6. The number of para-hydroxylation sites is 3. The average Bonchev–Trinajstić information content (AvgIpc) is 3.45. The molecule has 0 aliphatic carbocycles. The molecule has 2 heterocycles. The Labute approximate surface area is 188 Å². The highest BCUT2D eigenvalue weighted by molar-refractivity contribution is 6.08. The van der Waals surface area contributed by atoms with E-state index in [1.54, 1.807) is 11.0 Å². The van der Waals surface area contributed by atoms with Gasteiger partial charge in [-0.15, -0.1) is 0 Å². The standard InChI is InChI=1S/C25H29N3O4/c1-3-32-21-12-5-4-11-20(21)28-16-18(15-22(28)29)24(30)26-23-17(2)9-8-10-19(23)25(31)27-13-6-7-14-27/h4-5,8-12,18H,3,6-7,13-16H2,1-2H3,(H,26,30). The van der Waals surface area contributed by atoms with Crippen LogP contribution in [0, 0.1) is 12.8 Å². The minimum absolute atomic E-state index is 0.0590. The molecule has 0 aromatic heterocycles. The van der Waals surface area contributed by atoms with Crippen molar-refractivity contribution in [3.05, 3.63) is 53.6 Å². The predicted octanol–water partition coefficient (Wildman–Crippen LogP) is 3.62. The largest absolute Gasteiger partial charge is 0.492 e. The number of anilines is 2. The van der Waals surface area contributed by atoms with E-state index >= 15 is 0 Å². The molecular formula is C25H29N3O4.